The van der Waals surface area contributed by atoms with Crippen LogP contribution in [0, 0.1) is 30.6 Å². The summed E-state index contributed by atoms with van der Waals surface area (Å²) < 4.78 is 1.53. The monoisotopic (exact) mass is 447 g/mol. The number of rotatable bonds is 7. The minimum absolute atomic E-state index is 0.0247. The van der Waals surface area contributed by atoms with E-state index in [9.17, 15) is 4.79 Å². The number of aliphatic imine (C=N–C) groups is 1. The predicted octanol–water partition coefficient (Wildman–Crippen LogP) is 3.26. The molecule has 0 aliphatic carbocycles. The van der Waals surface area contributed by atoms with E-state index in [2.05, 4.69) is 34.4 Å². The number of aryl methyl sites for hydroxylation is 1. The van der Waals surface area contributed by atoms with E-state index in [1.54, 1.807) is 6.92 Å². The number of hydrogen-bond acceptors (Lipinski definition) is 4. The molecule has 2 aromatic rings. The van der Waals surface area contributed by atoms with Crippen molar-refractivity contribution in [2.45, 2.75) is 46.5 Å². The number of nitrogens with two attached hydrogens (primary N) is 1. The van der Waals surface area contributed by atoms with Crippen LogP contribution in [-0.2, 0) is 17.6 Å². The topological polar surface area (TPSA) is 124 Å². The first-order valence-corrected chi connectivity index (χ1v) is 11.3. The minimum atomic E-state index is -0.0247. The summed E-state index contributed by atoms with van der Waals surface area (Å²) >= 11 is 0. The zero-order chi connectivity index (χ0) is 24.0. The zero-order valence-electron chi connectivity index (χ0n) is 19.6. The van der Waals surface area contributed by atoms with Crippen LogP contribution in [0.15, 0.2) is 47.5 Å². The van der Waals surface area contributed by atoms with Gasteiger partial charge in [-0.25, -0.2) is 9.67 Å². The second-order valence-electron chi connectivity index (χ2n) is 8.60. The average molecular weight is 448 g/mol. The summed E-state index contributed by atoms with van der Waals surface area (Å²) in [5.74, 6) is 1.09. The Kier molecular flexibility index (Phi) is 7.92. The number of likely N-dealkylation sites (tertiary alicyclic amines) is 1. The van der Waals surface area contributed by atoms with Gasteiger partial charge >= 0.3 is 0 Å². The van der Waals surface area contributed by atoms with Crippen LogP contribution in [0.1, 0.15) is 42.3 Å². The van der Waals surface area contributed by atoms with Crippen molar-refractivity contribution in [2.75, 3.05) is 13.1 Å². The summed E-state index contributed by atoms with van der Waals surface area (Å²) in [5.41, 5.74) is 9.44. The number of hydrogen-bond donors (Lipinski definition) is 3. The Morgan fingerprint density at radius 1 is 1.24 bits per heavy atom. The van der Waals surface area contributed by atoms with Gasteiger partial charge in [0.25, 0.3) is 0 Å². The van der Waals surface area contributed by atoms with Crippen LogP contribution < -0.4 is 5.73 Å². The first-order chi connectivity index (χ1) is 15.7. The van der Waals surface area contributed by atoms with Crippen molar-refractivity contribution in [1.82, 2.24) is 14.7 Å². The smallest absolute Gasteiger partial charge is 0.222 e. The molecule has 0 radical (unpaired) electrons. The lowest BCUT2D eigenvalue weighted by molar-refractivity contribution is -0.130. The Labute approximate surface area is 195 Å². The number of amides is 1. The van der Waals surface area contributed by atoms with Crippen LogP contribution in [-0.4, -0.2) is 51.2 Å². The molecule has 1 amide bonds. The minimum Gasteiger partial charge on any atom is -0.387 e. The molecule has 1 fully saturated rings. The third-order valence-electron chi connectivity index (χ3n) is 5.96. The fraction of sp³-hybridized carbons (Fsp3) is 0.400. The number of allylic oxidation sites excluding steroid dienone is 1. The molecular formula is C25H33N7O. The quantitative estimate of drug-likeness (QED) is 0.446. The second-order valence-corrected chi connectivity index (χ2v) is 8.60. The molecule has 1 unspecified atom stereocenters. The largest absolute Gasteiger partial charge is 0.387 e. The van der Waals surface area contributed by atoms with Gasteiger partial charge in [0.2, 0.25) is 5.91 Å². The third kappa shape index (κ3) is 6.47. The van der Waals surface area contributed by atoms with Gasteiger partial charge in [0.1, 0.15) is 11.7 Å². The predicted molar refractivity (Wildman–Crippen MR) is 132 cm³/mol. The molecule has 174 valence electrons. The van der Waals surface area contributed by atoms with Gasteiger partial charge in [0.05, 0.1) is 11.5 Å². The number of nitrogens with zero attached hydrogens (tertiary/aromatic N) is 4. The van der Waals surface area contributed by atoms with Gasteiger partial charge in [-0.05, 0) is 69.2 Å². The molecule has 0 spiro atoms. The maximum Gasteiger partial charge on any atom is 0.222 e. The Balaban J connectivity index is 1.56. The van der Waals surface area contributed by atoms with Crippen LogP contribution in [0.25, 0.3) is 0 Å². The highest BCUT2D eigenvalue weighted by Gasteiger charge is 2.26. The van der Waals surface area contributed by atoms with Gasteiger partial charge in [-0.15, -0.1) is 0 Å². The van der Waals surface area contributed by atoms with Gasteiger partial charge in [-0.3, -0.25) is 15.6 Å². The van der Waals surface area contributed by atoms with Crippen LogP contribution in [0.2, 0.25) is 0 Å². The fourth-order valence-corrected chi connectivity index (χ4v) is 4.29. The fourth-order valence-electron chi connectivity index (χ4n) is 4.29. The molecule has 1 saturated heterocycles. The van der Waals surface area contributed by atoms with Crippen molar-refractivity contribution in [3.8, 4) is 0 Å². The van der Waals surface area contributed by atoms with Crippen molar-refractivity contribution in [3.63, 3.8) is 0 Å². The van der Waals surface area contributed by atoms with Crippen molar-refractivity contribution in [3.05, 3.63) is 65.0 Å². The lowest BCUT2D eigenvalue weighted by atomic mass is 9.99. The van der Waals surface area contributed by atoms with Crippen LogP contribution in [0.3, 0.4) is 0 Å². The summed E-state index contributed by atoms with van der Waals surface area (Å²) in [6.07, 6.45) is 5.98. The number of nitrogens with one attached hydrogen (secondary N) is 2. The molecule has 0 saturated carbocycles. The molecular weight excluding hydrogens is 414 g/mol. The van der Waals surface area contributed by atoms with Gasteiger partial charge < -0.3 is 10.6 Å². The van der Waals surface area contributed by atoms with Crippen molar-refractivity contribution >= 4 is 23.4 Å². The number of carbonyl (C=O) groups is 1. The zero-order valence-corrected chi connectivity index (χ0v) is 19.6. The molecule has 33 heavy (non-hydrogen) atoms. The maximum atomic E-state index is 12.8. The van der Waals surface area contributed by atoms with Gasteiger partial charge in [-0.1, -0.05) is 30.3 Å². The first kappa shape index (κ1) is 24.1. The molecule has 0 bridgehead atoms. The number of aromatic nitrogens is 2. The molecule has 8 nitrogen and oxygen atoms in total. The molecule has 3 rings (SSSR count). The standard InChI is InChI=1S/C25H33N7O/c1-17-22(18(2)32(30-17)24(28)11-10-23(27)29-19(3)26)9-12-25(33)31-14-13-21(16-31)15-20-7-5-4-6-8-20/h4-8,10-11,21,28H,9,12-16H2,1-3H3,(H3,26,27,29)/b11-10-,28-24?. The van der Waals surface area contributed by atoms with E-state index in [0.717, 1.165) is 42.9 Å². The number of carbonyl (C=O) groups excluding carboxylic acids is 1. The Morgan fingerprint density at radius 2 is 1.97 bits per heavy atom. The highest BCUT2D eigenvalue weighted by atomic mass is 16.2. The number of amidine groups is 2. The summed E-state index contributed by atoms with van der Waals surface area (Å²) in [6, 6.07) is 10.4. The van der Waals surface area contributed by atoms with Gasteiger partial charge in [-0.2, -0.15) is 5.10 Å². The summed E-state index contributed by atoms with van der Waals surface area (Å²) in [7, 11) is 0. The summed E-state index contributed by atoms with van der Waals surface area (Å²) in [4.78, 5) is 18.7. The van der Waals surface area contributed by atoms with E-state index in [1.807, 2.05) is 24.8 Å². The van der Waals surface area contributed by atoms with Crippen LogP contribution >= 0.6 is 0 Å². The highest BCUT2D eigenvalue weighted by Crippen LogP contribution is 2.22. The molecule has 1 aromatic carbocycles. The van der Waals surface area contributed by atoms with E-state index >= 15 is 0 Å². The van der Waals surface area contributed by atoms with Crippen LogP contribution in [0.5, 0.6) is 0 Å². The molecule has 1 aliphatic rings. The number of benzene rings is 1. The molecule has 1 atom stereocenters. The van der Waals surface area contributed by atoms with Crippen molar-refractivity contribution in [2.24, 2.45) is 16.6 Å². The molecule has 4 N–H and O–H groups in total. The lowest BCUT2D eigenvalue weighted by Crippen LogP contribution is -2.29. The highest BCUT2D eigenvalue weighted by molar-refractivity contribution is 6.04. The molecule has 1 aliphatic heterocycles. The first-order valence-electron chi connectivity index (χ1n) is 11.3. The Morgan fingerprint density at radius 3 is 2.67 bits per heavy atom. The van der Waals surface area contributed by atoms with E-state index in [1.165, 1.54) is 22.4 Å². The second kappa shape index (κ2) is 10.8. The SMILES string of the molecule is CC(N)=NC(=N)/C=C\C(=N)n1nc(C)c(CCC(=O)N2CCC(Cc3ccccc3)C2)c1C. The summed E-state index contributed by atoms with van der Waals surface area (Å²) in [6.45, 7) is 7.04. The molecule has 8 heteroatoms. The Bertz CT molecular complexity index is 1080. The summed E-state index contributed by atoms with van der Waals surface area (Å²) in [5, 5.41) is 20.5. The molecule has 1 aromatic heterocycles. The van der Waals surface area contributed by atoms with Crippen molar-refractivity contribution < 1.29 is 4.79 Å². The van der Waals surface area contributed by atoms with E-state index in [0.29, 0.717) is 24.6 Å². The van der Waals surface area contributed by atoms with E-state index in [4.69, 9.17) is 16.6 Å². The van der Waals surface area contributed by atoms with Crippen molar-refractivity contribution in [1.29, 1.82) is 10.8 Å². The lowest BCUT2D eigenvalue weighted by Gasteiger charge is -2.17. The van der Waals surface area contributed by atoms with Gasteiger partial charge in [0, 0.05) is 25.2 Å². The van der Waals surface area contributed by atoms with E-state index < -0.39 is 0 Å². The normalized spacial score (nSPS) is 16.5. The Hall–Kier alpha value is -3.55. The maximum absolute atomic E-state index is 12.8. The third-order valence-corrected chi connectivity index (χ3v) is 5.96. The molecule has 2 heterocycles. The average Bonchev–Trinajstić information content (AvgIpc) is 3.35. The van der Waals surface area contributed by atoms with E-state index in [-0.39, 0.29) is 17.6 Å². The van der Waals surface area contributed by atoms with Gasteiger partial charge in [0.15, 0.2) is 0 Å². The van der Waals surface area contributed by atoms with Crippen LogP contribution in [0.4, 0.5) is 0 Å².